The highest BCUT2D eigenvalue weighted by atomic mass is 16.5. The van der Waals surface area contributed by atoms with E-state index in [4.69, 9.17) is 4.74 Å². The van der Waals surface area contributed by atoms with E-state index in [1.165, 1.54) is 19.3 Å². The molecule has 0 bridgehead atoms. The van der Waals surface area contributed by atoms with Crippen LogP contribution >= 0.6 is 0 Å². The molecular weight excluding hydrogens is 200 g/mol. The summed E-state index contributed by atoms with van der Waals surface area (Å²) < 4.78 is 5.29. The zero-order valence-corrected chi connectivity index (χ0v) is 10.6. The van der Waals surface area contributed by atoms with Crippen molar-refractivity contribution in [2.24, 2.45) is 0 Å². The Kier molecular flexibility index (Phi) is 6.39. The molecule has 0 aromatic heterocycles. The molecule has 0 aromatic rings. The Bertz CT molecular complexity index is 243. The summed E-state index contributed by atoms with van der Waals surface area (Å²) >= 11 is 0. The molecule has 1 aliphatic rings. The maximum atomic E-state index is 12.2. The number of hydrogen-bond acceptors (Lipinski definition) is 2. The zero-order chi connectivity index (χ0) is 11.8. The molecule has 1 aliphatic carbocycles. The van der Waals surface area contributed by atoms with Gasteiger partial charge in [0.1, 0.15) is 6.10 Å². The second kappa shape index (κ2) is 7.61. The molecule has 92 valence electrons. The number of carbonyl (C=O) groups is 1. The minimum Gasteiger partial charge on any atom is -0.373 e. The van der Waals surface area contributed by atoms with Gasteiger partial charge in [-0.3, -0.25) is 4.79 Å². The lowest BCUT2D eigenvalue weighted by atomic mass is 9.94. The molecular formula is C14H24O2. The number of ketones is 1. The summed E-state index contributed by atoms with van der Waals surface area (Å²) in [6, 6.07) is 0. The van der Waals surface area contributed by atoms with Crippen molar-refractivity contribution in [1.82, 2.24) is 0 Å². The van der Waals surface area contributed by atoms with Gasteiger partial charge in [0.15, 0.2) is 5.78 Å². The van der Waals surface area contributed by atoms with Crippen molar-refractivity contribution in [2.75, 3.05) is 7.11 Å². The van der Waals surface area contributed by atoms with Crippen molar-refractivity contribution in [1.29, 1.82) is 0 Å². The normalized spacial score (nSPS) is 19.5. The fourth-order valence-corrected chi connectivity index (χ4v) is 2.24. The Morgan fingerprint density at radius 2 is 2.12 bits per heavy atom. The third-order valence-electron chi connectivity index (χ3n) is 3.24. The van der Waals surface area contributed by atoms with E-state index < -0.39 is 0 Å². The lowest BCUT2D eigenvalue weighted by Gasteiger charge is -2.17. The van der Waals surface area contributed by atoms with Crippen LogP contribution in [0.15, 0.2) is 11.6 Å². The molecule has 0 saturated heterocycles. The number of Topliss-reactive ketones (excluding diaryl/α,β-unsaturated/α-hetero) is 1. The van der Waals surface area contributed by atoms with Crippen molar-refractivity contribution in [3.63, 3.8) is 0 Å². The number of carbonyl (C=O) groups excluding carboxylic acids is 1. The van der Waals surface area contributed by atoms with E-state index in [1.54, 1.807) is 7.11 Å². The van der Waals surface area contributed by atoms with Crippen molar-refractivity contribution in [3.8, 4) is 0 Å². The molecule has 0 amide bonds. The smallest absolute Gasteiger partial charge is 0.187 e. The molecule has 0 aliphatic heterocycles. The predicted molar refractivity (Wildman–Crippen MR) is 66.5 cm³/mol. The standard InChI is InChI=1S/C14H24O2/c1-3-9-13(16-2)14(15)12-10-7-5-4-6-8-11-12/h10,13H,3-9,11H2,1-2H3. The number of rotatable bonds is 5. The molecule has 0 spiro atoms. The summed E-state index contributed by atoms with van der Waals surface area (Å²) in [6.07, 6.45) is 10.7. The van der Waals surface area contributed by atoms with Gasteiger partial charge in [-0.15, -0.1) is 0 Å². The first kappa shape index (κ1) is 13.4. The van der Waals surface area contributed by atoms with E-state index in [9.17, 15) is 4.79 Å². The van der Waals surface area contributed by atoms with E-state index in [0.717, 1.165) is 37.7 Å². The summed E-state index contributed by atoms with van der Waals surface area (Å²) in [5, 5.41) is 0. The van der Waals surface area contributed by atoms with Gasteiger partial charge in [-0.25, -0.2) is 0 Å². The van der Waals surface area contributed by atoms with Gasteiger partial charge in [0, 0.05) is 7.11 Å². The Hall–Kier alpha value is -0.630. The van der Waals surface area contributed by atoms with Crippen LogP contribution in [-0.4, -0.2) is 19.0 Å². The van der Waals surface area contributed by atoms with Crippen molar-refractivity contribution in [2.45, 2.75) is 64.4 Å². The fraction of sp³-hybridized carbons (Fsp3) is 0.786. The molecule has 1 rings (SSSR count). The molecule has 0 N–H and O–H groups in total. The second-order valence-electron chi connectivity index (χ2n) is 4.56. The van der Waals surface area contributed by atoms with Gasteiger partial charge >= 0.3 is 0 Å². The summed E-state index contributed by atoms with van der Waals surface area (Å²) in [4.78, 5) is 12.2. The Balaban J connectivity index is 2.61. The molecule has 0 heterocycles. The second-order valence-corrected chi connectivity index (χ2v) is 4.56. The van der Waals surface area contributed by atoms with Crippen LogP contribution in [-0.2, 0) is 9.53 Å². The summed E-state index contributed by atoms with van der Waals surface area (Å²) in [6.45, 7) is 2.09. The fourth-order valence-electron chi connectivity index (χ4n) is 2.24. The van der Waals surface area contributed by atoms with Gasteiger partial charge in [0.05, 0.1) is 0 Å². The van der Waals surface area contributed by atoms with Gasteiger partial charge in [-0.1, -0.05) is 32.3 Å². The minimum absolute atomic E-state index is 0.212. The van der Waals surface area contributed by atoms with Crippen molar-refractivity contribution >= 4 is 5.78 Å². The molecule has 0 fully saturated rings. The molecule has 16 heavy (non-hydrogen) atoms. The number of methoxy groups -OCH3 is 1. The first-order valence-corrected chi connectivity index (χ1v) is 6.55. The van der Waals surface area contributed by atoms with E-state index in [0.29, 0.717) is 0 Å². The lowest BCUT2D eigenvalue weighted by molar-refractivity contribution is -0.125. The maximum Gasteiger partial charge on any atom is 0.187 e. The van der Waals surface area contributed by atoms with Gasteiger partial charge in [0.25, 0.3) is 0 Å². The Morgan fingerprint density at radius 1 is 1.38 bits per heavy atom. The zero-order valence-electron chi connectivity index (χ0n) is 10.6. The van der Waals surface area contributed by atoms with Crippen LogP contribution in [0.3, 0.4) is 0 Å². The molecule has 2 heteroatoms. The SMILES string of the molecule is CCCC(OC)C(=O)C1=CCCCCCC1. The van der Waals surface area contributed by atoms with Gasteiger partial charge in [0.2, 0.25) is 0 Å². The Labute approximate surface area is 99.1 Å². The van der Waals surface area contributed by atoms with Crippen LogP contribution in [0.1, 0.15) is 58.3 Å². The quantitative estimate of drug-likeness (QED) is 0.712. The van der Waals surface area contributed by atoms with Crippen LogP contribution in [0.5, 0.6) is 0 Å². The maximum absolute atomic E-state index is 12.2. The third kappa shape index (κ3) is 4.09. The topological polar surface area (TPSA) is 26.3 Å². The van der Waals surface area contributed by atoms with Crippen LogP contribution in [0.4, 0.5) is 0 Å². The first-order valence-electron chi connectivity index (χ1n) is 6.55. The predicted octanol–water partition coefficient (Wildman–Crippen LogP) is 3.65. The van der Waals surface area contributed by atoms with E-state index in [-0.39, 0.29) is 11.9 Å². The highest BCUT2D eigenvalue weighted by Crippen LogP contribution is 2.20. The molecule has 2 nitrogen and oxygen atoms in total. The summed E-state index contributed by atoms with van der Waals surface area (Å²) in [7, 11) is 1.64. The molecule has 0 aromatic carbocycles. The molecule has 0 radical (unpaired) electrons. The first-order chi connectivity index (χ1) is 7.79. The van der Waals surface area contributed by atoms with Crippen molar-refractivity contribution in [3.05, 3.63) is 11.6 Å². The van der Waals surface area contributed by atoms with Gasteiger partial charge in [-0.05, 0) is 37.7 Å². The van der Waals surface area contributed by atoms with E-state index in [2.05, 4.69) is 13.0 Å². The van der Waals surface area contributed by atoms with Crippen molar-refractivity contribution < 1.29 is 9.53 Å². The number of ether oxygens (including phenoxy) is 1. The minimum atomic E-state index is -0.212. The highest BCUT2D eigenvalue weighted by molar-refractivity contribution is 5.98. The van der Waals surface area contributed by atoms with Crippen LogP contribution in [0.2, 0.25) is 0 Å². The van der Waals surface area contributed by atoms with E-state index in [1.807, 2.05) is 0 Å². The summed E-state index contributed by atoms with van der Waals surface area (Å²) in [5.41, 5.74) is 1.01. The summed E-state index contributed by atoms with van der Waals surface area (Å²) in [5.74, 6) is 0.228. The number of allylic oxidation sites excluding steroid dienone is 1. The Morgan fingerprint density at radius 3 is 2.81 bits per heavy atom. The monoisotopic (exact) mass is 224 g/mol. The largest absolute Gasteiger partial charge is 0.373 e. The molecule has 1 unspecified atom stereocenters. The van der Waals surface area contributed by atoms with Crippen LogP contribution in [0.25, 0.3) is 0 Å². The van der Waals surface area contributed by atoms with E-state index >= 15 is 0 Å². The average Bonchev–Trinajstić information content (AvgIpc) is 2.24. The molecule has 0 saturated carbocycles. The van der Waals surface area contributed by atoms with Crippen LogP contribution in [0, 0.1) is 0 Å². The number of hydrogen-bond donors (Lipinski definition) is 0. The van der Waals surface area contributed by atoms with Crippen LogP contribution < -0.4 is 0 Å². The lowest BCUT2D eigenvalue weighted by Crippen LogP contribution is -2.24. The third-order valence-corrected chi connectivity index (χ3v) is 3.24. The van der Waals surface area contributed by atoms with Gasteiger partial charge < -0.3 is 4.74 Å². The highest BCUT2D eigenvalue weighted by Gasteiger charge is 2.20. The molecule has 1 atom stereocenters. The van der Waals surface area contributed by atoms with Gasteiger partial charge in [-0.2, -0.15) is 0 Å². The average molecular weight is 224 g/mol.